The molecule has 6 heterocycles. The molecular formula is C58H46F8N10O8S2. The molecule has 6 aromatic heterocycles. The van der Waals surface area contributed by atoms with Crippen molar-refractivity contribution in [2.24, 2.45) is 10.8 Å². The predicted molar refractivity (Wildman–Crippen MR) is 295 cm³/mol. The van der Waals surface area contributed by atoms with Gasteiger partial charge in [0.2, 0.25) is 24.6 Å². The molecule has 28 heteroatoms. The third-order valence-corrected chi connectivity index (χ3v) is 16.4. The molecule has 18 nitrogen and oxygen atoms in total. The summed E-state index contributed by atoms with van der Waals surface area (Å²) in [5.74, 6) is -4.59. The highest BCUT2D eigenvalue weighted by atomic mass is 32.1. The van der Waals surface area contributed by atoms with Gasteiger partial charge in [-0.2, -0.15) is 0 Å². The first-order valence-corrected chi connectivity index (χ1v) is 27.8. The van der Waals surface area contributed by atoms with Crippen molar-refractivity contribution in [3.8, 4) is 44.7 Å². The number of nitrogens with zero attached hydrogens (tertiary/aromatic N) is 10. The summed E-state index contributed by atoms with van der Waals surface area (Å²) in [6, 6.07) is 21.8. The maximum Gasteiger partial charge on any atom is 0.335 e. The van der Waals surface area contributed by atoms with Crippen molar-refractivity contribution in [3.05, 3.63) is 164 Å². The molecule has 0 radical (unpaired) electrons. The number of imidazole rings is 2. The molecule has 2 fully saturated rings. The smallest absolute Gasteiger partial charge is 0.335 e. The molecule has 0 saturated heterocycles. The van der Waals surface area contributed by atoms with Gasteiger partial charge in [0, 0.05) is 60.0 Å². The predicted octanol–water partition coefficient (Wildman–Crippen LogP) is 12.3. The fraction of sp³-hybridized carbons (Fsp3) is 0.276. The van der Waals surface area contributed by atoms with Crippen LogP contribution in [0.25, 0.3) is 44.6 Å². The van der Waals surface area contributed by atoms with E-state index in [1.807, 2.05) is 0 Å². The first-order chi connectivity index (χ1) is 41.3. The summed E-state index contributed by atoms with van der Waals surface area (Å²) in [6.45, 7) is -0.144. The molecule has 10 aromatic rings. The zero-order valence-electron chi connectivity index (χ0n) is 45.1. The first-order valence-electron chi connectivity index (χ1n) is 26.2. The summed E-state index contributed by atoms with van der Waals surface area (Å²) >= 11 is 2.39. The van der Waals surface area contributed by atoms with Crippen LogP contribution < -0.4 is 18.9 Å². The van der Waals surface area contributed by atoms with E-state index in [0.717, 1.165) is 24.3 Å². The SMILES string of the molecule is COc1nnc(COc2cccc(-c3cc(F)c(Cc4nc5ccc(C(=O)O)cc5n4CC4(C(F)F)CC4)cc3F)n2)s1.COc1nnc(COc2cccc(-c3cc(F)c(Cc4nc5ccc(C(=O)O)cc5n4CC4(C(F)F)CC4)cc3F)n2)s1. The summed E-state index contributed by atoms with van der Waals surface area (Å²) in [4.78, 5) is 40.7. The number of rotatable bonds is 22. The fourth-order valence-corrected chi connectivity index (χ4v) is 10.7. The Morgan fingerprint density at radius 2 is 0.953 bits per heavy atom. The summed E-state index contributed by atoms with van der Waals surface area (Å²) in [5.41, 5.74) is -1.20. The Balaban J connectivity index is 0.000000179. The van der Waals surface area contributed by atoms with E-state index >= 15 is 17.6 Å². The normalized spacial score (nSPS) is 13.9. The number of ether oxygens (including phenoxy) is 4. The van der Waals surface area contributed by atoms with Gasteiger partial charge in [-0.05, 0) is 110 Å². The van der Waals surface area contributed by atoms with Gasteiger partial charge in [0.05, 0.1) is 58.8 Å². The minimum atomic E-state index is -2.60. The molecule has 0 atom stereocenters. The molecule has 0 bridgehead atoms. The lowest BCUT2D eigenvalue weighted by Crippen LogP contribution is -2.21. The molecule has 444 valence electrons. The molecule has 2 aliphatic carbocycles. The second-order valence-electron chi connectivity index (χ2n) is 20.4. The van der Waals surface area contributed by atoms with Crippen molar-refractivity contribution in [3.63, 3.8) is 0 Å². The van der Waals surface area contributed by atoms with E-state index in [9.17, 15) is 37.4 Å². The number of benzene rings is 4. The van der Waals surface area contributed by atoms with E-state index in [2.05, 4.69) is 40.3 Å². The van der Waals surface area contributed by atoms with Crippen LogP contribution in [-0.4, -0.2) is 98.7 Å². The second kappa shape index (κ2) is 24.1. The zero-order valence-corrected chi connectivity index (χ0v) is 46.8. The van der Waals surface area contributed by atoms with E-state index in [1.54, 1.807) is 24.3 Å². The number of hydrogen-bond donors (Lipinski definition) is 2. The first kappa shape index (κ1) is 58.6. The van der Waals surface area contributed by atoms with Crippen molar-refractivity contribution in [2.45, 2.75) is 77.7 Å². The number of carboxylic acid groups (broad SMARTS) is 2. The van der Waals surface area contributed by atoms with Gasteiger partial charge < -0.3 is 38.3 Å². The fourth-order valence-electron chi connectivity index (χ4n) is 9.58. The van der Waals surface area contributed by atoms with Crippen LogP contribution in [0.5, 0.6) is 22.1 Å². The third-order valence-electron chi connectivity index (χ3n) is 14.7. The Hall–Kier alpha value is -9.18. The topological polar surface area (TPSA) is 224 Å². The maximum absolute atomic E-state index is 15.5. The number of halogens is 8. The number of hydrogen-bond acceptors (Lipinski definition) is 16. The summed E-state index contributed by atoms with van der Waals surface area (Å²) in [6.07, 6.45) is -4.42. The summed E-state index contributed by atoms with van der Waals surface area (Å²) < 4.78 is 141. The quantitative estimate of drug-likeness (QED) is 0.0602. The van der Waals surface area contributed by atoms with Gasteiger partial charge in [0.1, 0.15) is 48.1 Å². The molecule has 2 N–H and O–H groups in total. The van der Waals surface area contributed by atoms with Crippen molar-refractivity contribution in [1.29, 1.82) is 0 Å². The number of carboxylic acids is 2. The monoisotopic (exact) mass is 1230 g/mol. The lowest BCUT2D eigenvalue weighted by Gasteiger charge is -2.18. The van der Waals surface area contributed by atoms with Gasteiger partial charge in [-0.3, -0.25) is 0 Å². The Morgan fingerprint density at radius 1 is 0.547 bits per heavy atom. The Labute approximate surface area is 489 Å². The van der Waals surface area contributed by atoms with Crippen LogP contribution in [0.15, 0.2) is 97.1 Å². The van der Waals surface area contributed by atoms with Crippen LogP contribution in [0.1, 0.15) is 79.2 Å². The highest BCUT2D eigenvalue weighted by molar-refractivity contribution is 7.13. The molecule has 86 heavy (non-hydrogen) atoms. The second-order valence-corrected chi connectivity index (χ2v) is 22.5. The molecule has 12 rings (SSSR count). The number of fused-ring (bicyclic) bond motifs is 2. The highest BCUT2D eigenvalue weighted by Crippen LogP contribution is 2.54. The molecule has 0 amide bonds. The van der Waals surface area contributed by atoms with Crippen LogP contribution in [0, 0.1) is 34.1 Å². The van der Waals surface area contributed by atoms with E-state index in [0.29, 0.717) is 68.2 Å². The third kappa shape index (κ3) is 12.5. The number of methoxy groups -OCH3 is 2. The summed E-state index contributed by atoms with van der Waals surface area (Å²) in [7, 11) is 2.94. The minimum Gasteiger partial charge on any atom is -0.478 e. The van der Waals surface area contributed by atoms with E-state index < -0.39 is 58.9 Å². The van der Waals surface area contributed by atoms with E-state index in [1.165, 1.54) is 94.6 Å². The Kier molecular flexibility index (Phi) is 16.4. The van der Waals surface area contributed by atoms with Crippen molar-refractivity contribution >= 4 is 56.7 Å². The number of aromatic carboxylic acids is 2. The standard InChI is InChI=1S/2C29H23F4N5O4S/c2*1-41-28-37-36-25(43-28)13-42-24-4-2-3-20(35-24)17-12-18(30)16(9-19(17)31)11-23-34-21-6-5-15(26(39)40)10-22(21)38(23)14-29(7-8-29)27(32)33/h2*2-6,9-10,12,27H,7-8,11,13-14H2,1H3,(H,39,40). The van der Waals surface area contributed by atoms with Crippen molar-refractivity contribution in [2.75, 3.05) is 14.2 Å². The molecule has 0 spiro atoms. The van der Waals surface area contributed by atoms with Gasteiger partial charge in [0.25, 0.3) is 10.4 Å². The van der Waals surface area contributed by atoms with Gasteiger partial charge in [-0.15, -0.1) is 10.2 Å². The number of aromatic nitrogens is 10. The van der Waals surface area contributed by atoms with E-state index in [-0.39, 0.29) is 107 Å². The van der Waals surface area contributed by atoms with Crippen LogP contribution in [0.4, 0.5) is 35.1 Å². The average Bonchev–Trinajstić information content (AvgIpc) is 2.10. The lowest BCUT2D eigenvalue weighted by molar-refractivity contribution is 0.0512. The van der Waals surface area contributed by atoms with Crippen LogP contribution >= 0.6 is 22.7 Å². The molecule has 2 saturated carbocycles. The van der Waals surface area contributed by atoms with Crippen LogP contribution in [0.3, 0.4) is 0 Å². The van der Waals surface area contributed by atoms with Crippen LogP contribution in [-0.2, 0) is 39.1 Å². The number of pyridine rings is 2. The largest absolute Gasteiger partial charge is 0.478 e. The number of alkyl halides is 4. The Morgan fingerprint density at radius 3 is 1.30 bits per heavy atom. The van der Waals surface area contributed by atoms with Gasteiger partial charge >= 0.3 is 11.9 Å². The zero-order chi connectivity index (χ0) is 60.6. The van der Waals surface area contributed by atoms with Crippen LogP contribution in [0.2, 0.25) is 0 Å². The molecule has 0 aliphatic heterocycles. The molecular weight excluding hydrogens is 1180 g/mol. The lowest BCUT2D eigenvalue weighted by atomic mass is 10.0. The van der Waals surface area contributed by atoms with Crippen molar-refractivity contribution < 1.29 is 73.9 Å². The minimum absolute atomic E-state index is 0.0366. The molecule has 0 unspecified atom stereocenters. The van der Waals surface area contributed by atoms with E-state index in [4.69, 9.17) is 18.9 Å². The highest BCUT2D eigenvalue weighted by Gasteiger charge is 2.52. The molecule has 4 aromatic carbocycles. The van der Waals surface area contributed by atoms with Crippen molar-refractivity contribution in [1.82, 2.24) is 49.5 Å². The van der Waals surface area contributed by atoms with Gasteiger partial charge in [0.15, 0.2) is 10.0 Å². The average molecular weight is 1230 g/mol. The number of carbonyl (C=O) groups is 2. The Bertz CT molecular complexity index is 3940. The van der Waals surface area contributed by atoms with Gasteiger partial charge in [-0.1, -0.05) is 45.0 Å². The summed E-state index contributed by atoms with van der Waals surface area (Å²) in [5, 5.41) is 36.2. The maximum atomic E-state index is 15.5. The van der Waals surface area contributed by atoms with Gasteiger partial charge in [-0.25, -0.2) is 64.6 Å². The molecule has 2 aliphatic rings.